The smallest absolute Gasteiger partial charge is 0.126 e. The first-order valence-electron chi connectivity index (χ1n) is 4.29. The second-order valence-corrected chi connectivity index (χ2v) is 2.93. The zero-order valence-electron chi connectivity index (χ0n) is 7.92. The molecule has 0 aromatic carbocycles. The lowest BCUT2D eigenvalue weighted by Crippen LogP contribution is -2.06. The number of aliphatic hydroxyl groups excluding tert-OH is 1. The molecule has 0 aliphatic heterocycles. The summed E-state index contributed by atoms with van der Waals surface area (Å²) >= 11 is 3.27. The van der Waals surface area contributed by atoms with Crippen LogP contribution in [0.25, 0.3) is 0 Å². The molecule has 0 amide bonds. The van der Waals surface area contributed by atoms with Crippen LogP contribution < -0.4 is 5.32 Å². The molecule has 2 N–H and O–H groups in total. The minimum absolute atomic E-state index is 0.123. The SMILES string of the molecule is CC.OCCNc1ccc(Br)cn1. The molecule has 1 aromatic rings. The summed E-state index contributed by atoms with van der Waals surface area (Å²) < 4.78 is 0.951. The molecule has 0 aliphatic rings. The van der Waals surface area contributed by atoms with Crippen LogP contribution in [0.5, 0.6) is 0 Å². The van der Waals surface area contributed by atoms with Gasteiger partial charge in [-0.2, -0.15) is 0 Å². The van der Waals surface area contributed by atoms with Crippen LogP contribution in [-0.2, 0) is 0 Å². The molecule has 3 nitrogen and oxygen atoms in total. The molecule has 0 radical (unpaired) electrons. The van der Waals surface area contributed by atoms with E-state index >= 15 is 0 Å². The first-order valence-corrected chi connectivity index (χ1v) is 5.08. The van der Waals surface area contributed by atoms with Gasteiger partial charge in [0, 0.05) is 17.2 Å². The van der Waals surface area contributed by atoms with Gasteiger partial charge in [0.2, 0.25) is 0 Å². The monoisotopic (exact) mass is 246 g/mol. The molecule has 1 rings (SSSR count). The van der Waals surface area contributed by atoms with E-state index in [2.05, 4.69) is 26.2 Å². The standard InChI is InChI=1S/C7H9BrN2O.C2H6/c8-6-1-2-7(10-5-6)9-3-4-11;1-2/h1-2,5,11H,3-4H2,(H,9,10);1-2H3. The highest BCUT2D eigenvalue weighted by molar-refractivity contribution is 9.10. The minimum Gasteiger partial charge on any atom is -0.395 e. The highest BCUT2D eigenvalue weighted by Gasteiger charge is 1.90. The average molecular weight is 247 g/mol. The summed E-state index contributed by atoms with van der Waals surface area (Å²) in [5.41, 5.74) is 0. The highest BCUT2D eigenvalue weighted by Crippen LogP contribution is 2.09. The predicted octanol–water partition coefficient (Wildman–Crippen LogP) is 2.27. The van der Waals surface area contributed by atoms with Crippen molar-refractivity contribution in [2.45, 2.75) is 13.8 Å². The number of hydrogen-bond donors (Lipinski definition) is 2. The molecule has 0 unspecified atom stereocenters. The number of halogens is 1. The molecule has 0 bridgehead atoms. The van der Waals surface area contributed by atoms with Gasteiger partial charge in [-0.1, -0.05) is 13.8 Å². The summed E-state index contributed by atoms with van der Waals surface area (Å²) in [6.07, 6.45) is 1.71. The van der Waals surface area contributed by atoms with Crippen molar-refractivity contribution in [1.29, 1.82) is 0 Å². The fourth-order valence-electron chi connectivity index (χ4n) is 0.664. The number of hydrogen-bond acceptors (Lipinski definition) is 3. The van der Waals surface area contributed by atoms with E-state index in [1.165, 1.54) is 0 Å². The lowest BCUT2D eigenvalue weighted by Gasteiger charge is -2.01. The van der Waals surface area contributed by atoms with E-state index in [0.29, 0.717) is 6.54 Å². The maximum atomic E-state index is 8.48. The van der Waals surface area contributed by atoms with E-state index in [9.17, 15) is 0 Å². The van der Waals surface area contributed by atoms with E-state index in [1.807, 2.05) is 26.0 Å². The van der Waals surface area contributed by atoms with Gasteiger partial charge in [-0.15, -0.1) is 0 Å². The third-order valence-corrected chi connectivity index (χ3v) is 1.61. The Labute approximate surface area is 87.3 Å². The van der Waals surface area contributed by atoms with Crippen molar-refractivity contribution in [2.24, 2.45) is 0 Å². The molecule has 0 atom stereocenters. The average Bonchev–Trinajstić information content (AvgIpc) is 2.20. The molecule has 0 saturated carbocycles. The Morgan fingerprint density at radius 1 is 1.46 bits per heavy atom. The Morgan fingerprint density at radius 3 is 2.62 bits per heavy atom. The number of rotatable bonds is 3. The highest BCUT2D eigenvalue weighted by atomic mass is 79.9. The molecule has 4 heteroatoms. The van der Waals surface area contributed by atoms with Gasteiger partial charge >= 0.3 is 0 Å². The Kier molecular flexibility index (Phi) is 7.63. The molecular weight excluding hydrogens is 232 g/mol. The summed E-state index contributed by atoms with van der Waals surface area (Å²) in [4.78, 5) is 4.05. The van der Waals surface area contributed by atoms with E-state index in [-0.39, 0.29) is 6.61 Å². The number of nitrogens with one attached hydrogen (secondary N) is 1. The summed E-state index contributed by atoms with van der Waals surface area (Å²) in [5.74, 6) is 0.780. The topological polar surface area (TPSA) is 45.1 Å². The molecular formula is C9H15BrN2O. The number of pyridine rings is 1. The van der Waals surface area contributed by atoms with Gasteiger partial charge in [-0.05, 0) is 28.1 Å². The molecule has 1 heterocycles. The van der Waals surface area contributed by atoms with Gasteiger partial charge in [-0.25, -0.2) is 4.98 Å². The molecule has 13 heavy (non-hydrogen) atoms. The molecule has 0 fully saturated rings. The summed E-state index contributed by atoms with van der Waals surface area (Å²) in [7, 11) is 0. The van der Waals surface area contributed by atoms with Crippen LogP contribution in [-0.4, -0.2) is 23.2 Å². The Bertz CT molecular complexity index is 213. The lowest BCUT2D eigenvalue weighted by atomic mass is 10.4. The van der Waals surface area contributed by atoms with Gasteiger partial charge in [0.15, 0.2) is 0 Å². The number of nitrogens with zero attached hydrogens (tertiary/aromatic N) is 1. The van der Waals surface area contributed by atoms with Crippen molar-refractivity contribution in [3.05, 3.63) is 22.8 Å². The summed E-state index contributed by atoms with van der Waals surface area (Å²) in [6, 6.07) is 3.74. The van der Waals surface area contributed by atoms with Crippen molar-refractivity contribution in [3.8, 4) is 0 Å². The number of aromatic nitrogens is 1. The van der Waals surface area contributed by atoms with Crippen LogP contribution in [0.2, 0.25) is 0 Å². The first kappa shape index (κ1) is 12.4. The van der Waals surface area contributed by atoms with Crippen LogP contribution in [0.3, 0.4) is 0 Å². The van der Waals surface area contributed by atoms with E-state index in [4.69, 9.17) is 5.11 Å². The zero-order chi connectivity index (χ0) is 10.1. The first-order chi connectivity index (χ1) is 6.33. The van der Waals surface area contributed by atoms with Crippen molar-refractivity contribution in [1.82, 2.24) is 4.98 Å². The minimum atomic E-state index is 0.123. The maximum absolute atomic E-state index is 8.48. The van der Waals surface area contributed by atoms with Gasteiger partial charge in [0.05, 0.1) is 6.61 Å². The fourth-order valence-corrected chi connectivity index (χ4v) is 0.899. The molecule has 0 spiro atoms. The summed E-state index contributed by atoms with van der Waals surface area (Å²) in [6.45, 7) is 4.66. The quantitative estimate of drug-likeness (QED) is 0.861. The summed E-state index contributed by atoms with van der Waals surface area (Å²) in [5, 5.41) is 11.4. The van der Waals surface area contributed by atoms with Gasteiger partial charge in [0.25, 0.3) is 0 Å². The Morgan fingerprint density at radius 2 is 2.15 bits per heavy atom. The van der Waals surface area contributed by atoms with Gasteiger partial charge in [0.1, 0.15) is 5.82 Å². The lowest BCUT2D eigenvalue weighted by molar-refractivity contribution is 0.311. The Hall–Kier alpha value is -0.610. The van der Waals surface area contributed by atoms with Crippen LogP contribution in [0, 0.1) is 0 Å². The van der Waals surface area contributed by atoms with Crippen LogP contribution in [0.15, 0.2) is 22.8 Å². The molecule has 0 aliphatic carbocycles. The number of anilines is 1. The third kappa shape index (κ3) is 5.60. The third-order valence-electron chi connectivity index (χ3n) is 1.15. The number of aliphatic hydroxyl groups is 1. The van der Waals surface area contributed by atoms with Crippen molar-refractivity contribution >= 4 is 21.7 Å². The molecule has 1 aromatic heterocycles. The second-order valence-electron chi connectivity index (χ2n) is 2.01. The van der Waals surface area contributed by atoms with Crippen molar-refractivity contribution in [3.63, 3.8) is 0 Å². The van der Waals surface area contributed by atoms with E-state index in [1.54, 1.807) is 6.20 Å². The zero-order valence-corrected chi connectivity index (χ0v) is 9.50. The molecule has 74 valence electrons. The second kappa shape index (κ2) is 8.01. The van der Waals surface area contributed by atoms with E-state index in [0.717, 1.165) is 10.3 Å². The normalized spacial score (nSPS) is 8.62. The molecule has 0 saturated heterocycles. The van der Waals surface area contributed by atoms with Crippen LogP contribution in [0.1, 0.15) is 13.8 Å². The van der Waals surface area contributed by atoms with Gasteiger partial charge in [-0.3, -0.25) is 0 Å². The van der Waals surface area contributed by atoms with Crippen LogP contribution in [0.4, 0.5) is 5.82 Å². The van der Waals surface area contributed by atoms with Crippen LogP contribution >= 0.6 is 15.9 Å². The van der Waals surface area contributed by atoms with Gasteiger partial charge < -0.3 is 10.4 Å². The van der Waals surface area contributed by atoms with E-state index < -0.39 is 0 Å². The Balaban J connectivity index is 0.000000671. The largest absolute Gasteiger partial charge is 0.395 e. The van der Waals surface area contributed by atoms with Crippen molar-refractivity contribution < 1.29 is 5.11 Å². The predicted molar refractivity (Wildman–Crippen MR) is 58.9 cm³/mol. The fraction of sp³-hybridized carbons (Fsp3) is 0.444. The maximum Gasteiger partial charge on any atom is 0.126 e. The van der Waals surface area contributed by atoms with Crippen molar-refractivity contribution in [2.75, 3.05) is 18.5 Å².